The largest absolute Gasteiger partial charge is 1.00 e. The summed E-state index contributed by atoms with van der Waals surface area (Å²) < 4.78 is 65.5. The number of carboxylic acid groups (broad SMARTS) is 2. The first-order valence-corrected chi connectivity index (χ1v) is 46.3. The van der Waals surface area contributed by atoms with Crippen LogP contribution in [0.2, 0.25) is 15.1 Å². The zero-order chi connectivity index (χ0) is 91.4. The van der Waals surface area contributed by atoms with Crippen molar-refractivity contribution in [2.24, 2.45) is 21.7 Å². The number of carboxylic acids is 2. The van der Waals surface area contributed by atoms with Crippen molar-refractivity contribution in [2.75, 3.05) is 65.6 Å². The summed E-state index contributed by atoms with van der Waals surface area (Å²) >= 11 is 22.2. The Bertz CT molecular complexity index is 5810. The van der Waals surface area contributed by atoms with Crippen LogP contribution in [-0.4, -0.2) is 186 Å². The van der Waals surface area contributed by atoms with Gasteiger partial charge in [-0.25, -0.2) is 32.3 Å². The van der Waals surface area contributed by atoms with E-state index >= 15 is 8.78 Å². The van der Waals surface area contributed by atoms with Crippen LogP contribution in [-0.2, 0) is 67.4 Å². The van der Waals surface area contributed by atoms with Gasteiger partial charge in [-0.1, -0.05) is 88.3 Å². The monoisotopic (exact) mass is 1900 g/mol. The van der Waals surface area contributed by atoms with Crippen molar-refractivity contribution in [3.63, 3.8) is 0 Å². The van der Waals surface area contributed by atoms with E-state index in [1.165, 1.54) is 77.0 Å². The summed E-state index contributed by atoms with van der Waals surface area (Å²) in [6, 6.07) is 30.2. The third-order valence-corrected chi connectivity index (χ3v) is 29.8. The topological polar surface area (TPSA) is 354 Å². The first kappa shape index (κ1) is 103. The first-order chi connectivity index (χ1) is 60.3. The minimum atomic E-state index is -1.08. The minimum Gasteiger partial charge on any atom is -0.870 e. The number of hydrogen-bond donors (Lipinski definition) is 3. The van der Waals surface area contributed by atoms with Crippen LogP contribution in [0.4, 0.5) is 18.0 Å². The Morgan fingerprint density at radius 3 is 1.03 bits per heavy atom. The van der Waals surface area contributed by atoms with E-state index in [-0.39, 0.29) is 128 Å². The van der Waals surface area contributed by atoms with Gasteiger partial charge in [0.1, 0.15) is 48.4 Å². The Labute approximate surface area is 791 Å². The van der Waals surface area contributed by atoms with Gasteiger partial charge in [0.25, 0.3) is 0 Å². The number of hydrogen-bond acceptors (Lipinski definition) is 19. The third-order valence-electron chi connectivity index (χ3n) is 25.3. The zero-order valence-electron chi connectivity index (χ0n) is 74.1. The van der Waals surface area contributed by atoms with Gasteiger partial charge >= 0.3 is 48.8 Å². The SMILES string of the molecule is CC(C)(C)OC(=O)N1CCC2(CC1)CC(=O)C2.CCOC(=O)c1cccc(Sc2c(C)n(CC(=O)N3CCC4(CC3)CC(=O)C4)c3c(F)c(Cl)ccc23)c1.CCOC(=O)c1cccc(Sc2c(C)n(CC(=O)O)c3c(F)c(Cl)ccc23)c1.Cc1c(Sc2cccc(C(=O)O)c2)c2ccc(Cl)c(F)c2n1CC(=O)N1CCC2(CC1)CC(=O)C2.O.O=C1CC2(CCNCC2)C1.[Li+].[OH-]. The molecular weight excluding hydrogens is 1790 g/mol. The van der Waals surface area contributed by atoms with Crippen LogP contribution >= 0.6 is 70.1 Å². The zero-order valence-corrected chi connectivity index (χ0v) is 78.8. The maximum Gasteiger partial charge on any atom is 1.00 e. The molecule has 4 saturated carbocycles. The van der Waals surface area contributed by atoms with E-state index in [9.17, 15) is 67.3 Å². The maximum absolute atomic E-state index is 15.3. The van der Waals surface area contributed by atoms with Gasteiger partial charge in [-0.05, 0) is 233 Å². The minimum absolute atomic E-state index is 0. The molecule has 0 bridgehead atoms. The van der Waals surface area contributed by atoms with Crippen LogP contribution in [0.1, 0.15) is 186 Å². The van der Waals surface area contributed by atoms with Gasteiger partial charge < -0.3 is 69.1 Å². The second-order valence-electron chi connectivity index (χ2n) is 35.4. The van der Waals surface area contributed by atoms with Crippen LogP contribution in [0.5, 0.6) is 0 Å². The predicted octanol–water partition coefficient (Wildman–Crippen LogP) is 15.8. The van der Waals surface area contributed by atoms with Gasteiger partial charge in [0.05, 0.1) is 61.5 Å². The van der Waals surface area contributed by atoms with Gasteiger partial charge in [-0.2, -0.15) is 0 Å². The van der Waals surface area contributed by atoms with Crippen molar-refractivity contribution in [1.82, 2.24) is 33.7 Å². The number of amides is 3. The molecule has 0 radical (unpaired) electrons. The molecule has 0 unspecified atom stereocenters. The number of carbonyl (C=O) groups excluding carboxylic acids is 9. The number of halogens is 6. The number of Topliss-reactive ketones (excluding diaryl/α,β-unsaturated/α-hetero) is 4. The van der Waals surface area contributed by atoms with Crippen LogP contribution in [0.3, 0.4) is 0 Å². The summed E-state index contributed by atoms with van der Waals surface area (Å²) in [5.41, 5.74) is 4.16. The van der Waals surface area contributed by atoms with E-state index < -0.39 is 46.9 Å². The number of ether oxygens (including phenoxy) is 3. The molecule has 130 heavy (non-hydrogen) atoms. The van der Waals surface area contributed by atoms with E-state index in [1.807, 2.05) is 51.7 Å². The van der Waals surface area contributed by atoms with Crippen LogP contribution in [0.15, 0.2) is 139 Å². The number of aromatic carboxylic acids is 1. The normalized spacial score (nSPS) is 17.1. The van der Waals surface area contributed by atoms with E-state index in [0.717, 1.165) is 116 Å². The quantitative estimate of drug-likeness (QED) is 0.0433. The average molecular weight is 1900 g/mol. The van der Waals surface area contributed by atoms with E-state index in [2.05, 4.69) is 5.32 Å². The molecule has 9 aromatic rings. The van der Waals surface area contributed by atoms with Crippen molar-refractivity contribution in [3.8, 4) is 0 Å². The molecule has 7 heterocycles. The molecular formula is C95H106Cl3F3LiN7O18S3. The molecule has 0 atom stereocenters. The van der Waals surface area contributed by atoms with Gasteiger partial charge in [-0.15, -0.1) is 0 Å². The number of aliphatic carboxylic acids is 1. The molecule has 17 rings (SSSR count). The number of carbonyl (C=O) groups is 11. The standard InChI is InChI=1S/C28H28ClFN2O4S.C26H24ClFN2O4S.C20H17ClFNO4S.C13H21NO3.C8H13NO.Li.2H2O/c1-3-36-27(35)18-5-4-6-20(13-18)37-26-17(2)32(25-21(26)7-8-22(29)24(25)30)16-23(34)31-11-9-28(10-12-31)14-19(33)15-28;1-15-24(35-18-4-2-3-16(11-18)25(33)34)19-5-6-20(27)22(28)23(19)30(15)14-21(32)29-9-7-26(8-10-29)12-17(31)13-26;1-3-27-20(26)12-5-4-6-13(9-12)28-19-11(2)23(10-16(24)25)18-14(19)7-8-15(21)17(18)22;1-12(2,3)17-11(16)14-6-4-13(5-7-14)8-10(15)9-13;10-7-5-8(6-7)1-3-9-4-2-8;;;/h4-8,13H,3,9-12,14-16H2,1-2H3;2-6,11H,7-10,12-14H2,1H3,(H,33,34);4-9H,3,10H2,1-2H3,(H,24,25);4-9H2,1-3H3;9H,1-6H2;;2*1H2/q;;;;;+1;;/p-1. The molecule has 4 aliphatic heterocycles. The fourth-order valence-electron chi connectivity index (χ4n) is 18.3. The first-order valence-electron chi connectivity index (χ1n) is 42.7. The van der Waals surface area contributed by atoms with Crippen LogP contribution in [0, 0.1) is 59.9 Å². The molecule has 3 amide bonds. The summed E-state index contributed by atoms with van der Waals surface area (Å²) in [5.74, 6) is -3.47. The fraction of sp³-hybridized carbons (Fsp3) is 0.442. The number of ketones is 4. The van der Waals surface area contributed by atoms with E-state index in [1.54, 1.807) is 113 Å². The van der Waals surface area contributed by atoms with Gasteiger partial charge in [0, 0.05) is 153 Å². The Morgan fingerprint density at radius 2 is 0.738 bits per heavy atom. The van der Waals surface area contributed by atoms with Gasteiger partial charge in [0.2, 0.25) is 11.8 Å². The second kappa shape index (κ2) is 43.3. The fourth-order valence-corrected chi connectivity index (χ4v) is 22.1. The van der Waals surface area contributed by atoms with Crippen molar-refractivity contribution in [3.05, 3.63) is 175 Å². The molecule has 25 nitrogen and oxygen atoms in total. The van der Waals surface area contributed by atoms with Crippen LogP contribution in [0.25, 0.3) is 32.7 Å². The Morgan fingerprint density at radius 1 is 0.446 bits per heavy atom. The number of fused-ring (bicyclic) bond motifs is 3. The molecule has 4 saturated heterocycles. The smallest absolute Gasteiger partial charge is 0.870 e. The number of nitrogens with zero attached hydrogens (tertiary/aromatic N) is 6. The summed E-state index contributed by atoms with van der Waals surface area (Å²) in [4.78, 5) is 140. The van der Waals surface area contributed by atoms with Crippen molar-refractivity contribution in [2.45, 2.75) is 213 Å². The number of rotatable bonds is 17. The van der Waals surface area contributed by atoms with E-state index in [4.69, 9.17) is 49.0 Å². The molecule has 4 aliphatic carbocycles. The molecule has 6 N–H and O–H groups in total. The van der Waals surface area contributed by atoms with Crippen LogP contribution < -0.4 is 24.2 Å². The number of piperidine rings is 4. The molecule has 690 valence electrons. The maximum atomic E-state index is 15.3. The summed E-state index contributed by atoms with van der Waals surface area (Å²) in [6.45, 7) is 20.8. The number of likely N-dealkylation sites (tertiary alicyclic amines) is 3. The third kappa shape index (κ3) is 23.6. The second-order valence-corrected chi connectivity index (χ2v) is 39.8. The van der Waals surface area contributed by atoms with Crippen molar-refractivity contribution >= 4 is 168 Å². The van der Waals surface area contributed by atoms with Crippen molar-refractivity contribution in [1.29, 1.82) is 0 Å². The van der Waals surface area contributed by atoms with Gasteiger partial charge in [0.15, 0.2) is 17.5 Å². The molecule has 6 aromatic carbocycles. The number of aromatic nitrogens is 3. The number of esters is 2. The Balaban J connectivity index is 0.000000176. The molecule has 8 aliphatic rings. The Hall–Kier alpha value is -9.10. The average Bonchev–Trinajstić information content (AvgIpc) is 1.64. The molecule has 8 fully saturated rings. The number of benzene rings is 6. The van der Waals surface area contributed by atoms with E-state index in [0.29, 0.717) is 134 Å². The molecule has 35 heteroatoms. The van der Waals surface area contributed by atoms with Crippen molar-refractivity contribution < 1.29 is 120 Å². The summed E-state index contributed by atoms with van der Waals surface area (Å²) in [5, 5.41) is 23.6. The predicted molar refractivity (Wildman–Crippen MR) is 486 cm³/mol. The molecule has 3 aromatic heterocycles. The summed E-state index contributed by atoms with van der Waals surface area (Å²) in [6.07, 6.45) is 13.0. The molecule has 4 spiro atoms. The Kier molecular flexibility index (Phi) is 34.3. The number of nitrogens with one attached hydrogen (secondary N) is 1. The van der Waals surface area contributed by atoms with Gasteiger partial charge in [-0.3, -0.25) is 33.6 Å². The summed E-state index contributed by atoms with van der Waals surface area (Å²) in [7, 11) is 0.